The third-order valence-corrected chi connectivity index (χ3v) is 2.64. The first-order valence-electron chi connectivity index (χ1n) is 7.25. The van der Waals surface area contributed by atoms with E-state index in [0.29, 0.717) is 13.1 Å². The molecule has 0 atom stereocenters. The molecule has 0 saturated carbocycles. The second-order valence-corrected chi connectivity index (χ2v) is 4.82. The van der Waals surface area contributed by atoms with E-state index in [2.05, 4.69) is 22.5 Å². The molecule has 9 N–H and O–H groups in total. The Kier molecular flexibility index (Phi) is 10.1. The molecule has 0 rings (SSSR count). The van der Waals surface area contributed by atoms with Gasteiger partial charge in [-0.1, -0.05) is 6.58 Å². The molecule has 0 saturated heterocycles. The van der Waals surface area contributed by atoms with Crippen LogP contribution in [0.2, 0.25) is 0 Å². The Morgan fingerprint density at radius 1 is 1.04 bits per heavy atom. The van der Waals surface area contributed by atoms with Crippen LogP contribution in [-0.4, -0.2) is 68.2 Å². The zero-order chi connectivity index (χ0) is 18.5. The van der Waals surface area contributed by atoms with E-state index < -0.39 is 5.97 Å². The van der Waals surface area contributed by atoms with E-state index >= 15 is 0 Å². The van der Waals surface area contributed by atoms with Crippen molar-refractivity contribution in [3.8, 4) is 0 Å². The molecule has 0 aromatic rings. The predicted octanol–water partition coefficient (Wildman–Crippen LogP) is -1.92. The van der Waals surface area contributed by atoms with Gasteiger partial charge in [0.2, 0.25) is 0 Å². The average Bonchev–Trinajstić information content (AvgIpc) is 2.48. The molecule has 11 heteroatoms. The normalized spacial score (nSPS) is 9.54. The van der Waals surface area contributed by atoms with Crippen LogP contribution in [0.4, 0.5) is 4.79 Å². The SMILES string of the molecule is C=C(C)C(=O)OCCNC(=O)N(CCNC(=N)N)CCNC(=N)N. The zero-order valence-corrected chi connectivity index (χ0v) is 13.8. The molecular formula is C13H26N8O3. The van der Waals surface area contributed by atoms with Crippen LogP contribution in [0, 0.1) is 10.8 Å². The van der Waals surface area contributed by atoms with Crippen LogP contribution in [-0.2, 0) is 9.53 Å². The fourth-order valence-electron chi connectivity index (χ4n) is 1.50. The summed E-state index contributed by atoms with van der Waals surface area (Å²) in [7, 11) is 0. The fourth-order valence-corrected chi connectivity index (χ4v) is 1.50. The molecule has 24 heavy (non-hydrogen) atoms. The monoisotopic (exact) mass is 342 g/mol. The van der Waals surface area contributed by atoms with E-state index in [1.54, 1.807) is 0 Å². The Bertz CT molecular complexity index is 460. The molecule has 0 aliphatic carbocycles. The number of guanidine groups is 2. The topological polar surface area (TPSA) is 182 Å². The molecule has 0 spiro atoms. The summed E-state index contributed by atoms with van der Waals surface area (Å²) in [6.45, 7) is 6.34. The van der Waals surface area contributed by atoms with Crippen molar-refractivity contribution in [1.82, 2.24) is 20.9 Å². The molecule has 0 aliphatic heterocycles. The summed E-state index contributed by atoms with van der Waals surface area (Å²) in [6, 6.07) is -0.378. The third kappa shape index (κ3) is 10.7. The van der Waals surface area contributed by atoms with Crippen LogP contribution in [0.5, 0.6) is 0 Å². The minimum absolute atomic E-state index is 0.0304. The molecule has 0 radical (unpaired) electrons. The minimum Gasteiger partial charge on any atom is -0.460 e. The van der Waals surface area contributed by atoms with Gasteiger partial charge in [0.05, 0.1) is 6.54 Å². The lowest BCUT2D eigenvalue weighted by Crippen LogP contribution is -2.48. The number of rotatable bonds is 10. The van der Waals surface area contributed by atoms with Crippen molar-refractivity contribution in [1.29, 1.82) is 10.8 Å². The fraction of sp³-hybridized carbons (Fsp3) is 0.538. The Morgan fingerprint density at radius 3 is 1.96 bits per heavy atom. The number of ether oxygens (including phenoxy) is 1. The Morgan fingerprint density at radius 2 is 1.54 bits per heavy atom. The quantitative estimate of drug-likeness (QED) is 0.0793. The van der Waals surface area contributed by atoms with Gasteiger partial charge in [0, 0.05) is 31.8 Å². The maximum absolute atomic E-state index is 12.1. The predicted molar refractivity (Wildman–Crippen MR) is 90.6 cm³/mol. The van der Waals surface area contributed by atoms with Gasteiger partial charge in [-0.3, -0.25) is 10.8 Å². The molecule has 0 bridgehead atoms. The van der Waals surface area contributed by atoms with E-state index in [9.17, 15) is 9.59 Å². The van der Waals surface area contributed by atoms with Crippen LogP contribution < -0.4 is 27.4 Å². The van der Waals surface area contributed by atoms with Crippen molar-refractivity contribution in [3.63, 3.8) is 0 Å². The summed E-state index contributed by atoms with van der Waals surface area (Å²) in [5, 5.41) is 22.0. The van der Waals surface area contributed by atoms with Gasteiger partial charge in [-0.05, 0) is 6.92 Å². The summed E-state index contributed by atoms with van der Waals surface area (Å²) in [5.74, 6) is -0.898. The lowest BCUT2D eigenvalue weighted by Gasteiger charge is -2.23. The zero-order valence-electron chi connectivity index (χ0n) is 13.8. The van der Waals surface area contributed by atoms with E-state index in [4.69, 9.17) is 27.0 Å². The summed E-state index contributed by atoms with van der Waals surface area (Å²) in [6.07, 6.45) is 0. The standard InChI is InChI=1S/C13H26N8O3/c1-9(2)10(22)24-8-5-20-13(23)21(6-3-18-11(14)15)7-4-19-12(16)17/h1,3-8H2,2H3,(H,20,23)(H4,14,15,18)(H4,16,17,19). The molecule has 136 valence electrons. The number of nitrogens with zero attached hydrogens (tertiary/aromatic N) is 1. The van der Waals surface area contributed by atoms with Gasteiger partial charge < -0.3 is 37.1 Å². The average molecular weight is 342 g/mol. The first-order chi connectivity index (χ1) is 11.2. The minimum atomic E-state index is -0.516. The summed E-state index contributed by atoms with van der Waals surface area (Å²) >= 11 is 0. The van der Waals surface area contributed by atoms with Gasteiger partial charge >= 0.3 is 12.0 Å². The highest BCUT2D eigenvalue weighted by Gasteiger charge is 2.13. The maximum Gasteiger partial charge on any atom is 0.333 e. The van der Waals surface area contributed by atoms with E-state index in [-0.39, 0.29) is 49.8 Å². The molecule has 0 aromatic heterocycles. The number of amides is 2. The second-order valence-electron chi connectivity index (χ2n) is 4.82. The van der Waals surface area contributed by atoms with Gasteiger partial charge in [-0.15, -0.1) is 0 Å². The number of hydrogen-bond acceptors (Lipinski definition) is 5. The molecular weight excluding hydrogens is 316 g/mol. The smallest absolute Gasteiger partial charge is 0.333 e. The summed E-state index contributed by atoms with van der Waals surface area (Å²) in [5.41, 5.74) is 10.7. The molecule has 0 aromatic carbocycles. The first kappa shape index (κ1) is 21.0. The van der Waals surface area contributed by atoms with Crippen LogP contribution in [0.3, 0.4) is 0 Å². The number of nitrogens with two attached hydrogens (primary N) is 2. The number of esters is 1. The van der Waals surface area contributed by atoms with Gasteiger partial charge in [0.15, 0.2) is 11.9 Å². The van der Waals surface area contributed by atoms with Crippen molar-refractivity contribution in [2.24, 2.45) is 11.5 Å². The number of carbonyl (C=O) groups excluding carboxylic acids is 2. The van der Waals surface area contributed by atoms with E-state index in [1.807, 2.05) is 0 Å². The Labute approximate surface area is 140 Å². The largest absolute Gasteiger partial charge is 0.460 e. The van der Waals surface area contributed by atoms with Gasteiger partial charge in [-0.25, -0.2) is 9.59 Å². The van der Waals surface area contributed by atoms with Crippen LogP contribution in [0.25, 0.3) is 0 Å². The number of nitrogens with one attached hydrogen (secondary N) is 5. The van der Waals surface area contributed by atoms with Crippen LogP contribution >= 0.6 is 0 Å². The Balaban J connectivity index is 4.27. The Hall–Kier alpha value is -2.98. The van der Waals surface area contributed by atoms with Gasteiger partial charge in [0.25, 0.3) is 0 Å². The lowest BCUT2D eigenvalue weighted by atomic mass is 10.4. The van der Waals surface area contributed by atoms with Crippen molar-refractivity contribution < 1.29 is 14.3 Å². The van der Waals surface area contributed by atoms with Crippen molar-refractivity contribution >= 4 is 23.9 Å². The number of carbonyl (C=O) groups is 2. The molecule has 0 fully saturated rings. The highest BCUT2D eigenvalue weighted by atomic mass is 16.5. The second kappa shape index (κ2) is 11.6. The lowest BCUT2D eigenvalue weighted by molar-refractivity contribution is -0.138. The first-order valence-corrected chi connectivity index (χ1v) is 7.25. The molecule has 2 amide bonds. The van der Waals surface area contributed by atoms with E-state index in [0.717, 1.165) is 0 Å². The highest BCUT2D eigenvalue weighted by Crippen LogP contribution is 1.92. The summed E-state index contributed by atoms with van der Waals surface area (Å²) in [4.78, 5) is 24.8. The van der Waals surface area contributed by atoms with Gasteiger partial charge in [0.1, 0.15) is 6.61 Å². The van der Waals surface area contributed by atoms with Crippen molar-refractivity contribution in [2.45, 2.75) is 6.92 Å². The maximum atomic E-state index is 12.1. The molecule has 11 nitrogen and oxygen atoms in total. The van der Waals surface area contributed by atoms with Crippen molar-refractivity contribution in [2.75, 3.05) is 39.3 Å². The molecule has 0 aliphatic rings. The van der Waals surface area contributed by atoms with Crippen molar-refractivity contribution in [3.05, 3.63) is 12.2 Å². The molecule has 0 unspecified atom stereocenters. The van der Waals surface area contributed by atoms with Crippen LogP contribution in [0.15, 0.2) is 12.2 Å². The van der Waals surface area contributed by atoms with Gasteiger partial charge in [-0.2, -0.15) is 0 Å². The highest BCUT2D eigenvalue weighted by molar-refractivity contribution is 5.86. The number of hydrogen-bond donors (Lipinski definition) is 7. The number of urea groups is 1. The summed E-state index contributed by atoms with van der Waals surface area (Å²) < 4.78 is 4.87. The van der Waals surface area contributed by atoms with Crippen LogP contribution in [0.1, 0.15) is 6.92 Å². The van der Waals surface area contributed by atoms with E-state index in [1.165, 1.54) is 11.8 Å². The third-order valence-electron chi connectivity index (χ3n) is 2.64. The molecule has 0 heterocycles.